The van der Waals surface area contributed by atoms with Gasteiger partial charge in [-0.1, -0.05) is 29.5 Å². The minimum atomic E-state index is -4.92. The third-order valence-corrected chi connectivity index (χ3v) is 4.43. The van der Waals surface area contributed by atoms with Crippen LogP contribution in [0.5, 0.6) is 11.5 Å². The number of aromatic nitrogens is 3. The first-order valence-corrected chi connectivity index (χ1v) is 8.66. The summed E-state index contributed by atoms with van der Waals surface area (Å²) in [5, 5.41) is 7.35. The van der Waals surface area contributed by atoms with Gasteiger partial charge in [0.25, 0.3) is 0 Å². The van der Waals surface area contributed by atoms with Crippen LogP contribution >= 0.6 is 0 Å². The van der Waals surface area contributed by atoms with Crippen molar-refractivity contribution in [3.8, 4) is 11.5 Å². The van der Waals surface area contributed by atoms with Crippen molar-refractivity contribution in [1.29, 1.82) is 0 Å². The van der Waals surface area contributed by atoms with Gasteiger partial charge in [-0.15, -0.1) is 31.4 Å². The highest BCUT2D eigenvalue weighted by molar-refractivity contribution is 5.42. The smallest absolute Gasteiger partial charge is 0.406 e. The van der Waals surface area contributed by atoms with Crippen LogP contribution in [0.2, 0.25) is 0 Å². The van der Waals surface area contributed by atoms with Gasteiger partial charge in [0.2, 0.25) is 0 Å². The van der Waals surface area contributed by atoms with Gasteiger partial charge in [-0.3, -0.25) is 0 Å². The zero-order valence-electron chi connectivity index (χ0n) is 15.7. The Morgan fingerprint density at radius 2 is 1.16 bits per heavy atom. The van der Waals surface area contributed by atoms with Crippen molar-refractivity contribution in [1.82, 2.24) is 15.0 Å². The van der Waals surface area contributed by atoms with E-state index in [1.165, 1.54) is 24.0 Å². The highest BCUT2D eigenvalue weighted by atomic mass is 19.4. The number of nitrogens with zero attached hydrogens (tertiary/aromatic N) is 3. The normalized spacial score (nSPS) is 13.7. The molecule has 0 N–H and O–H groups in total. The number of halogens is 7. The molecule has 0 bridgehead atoms. The van der Waals surface area contributed by atoms with Crippen molar-refractivity contribution in [2.24, 2.45) is 0 Å². The van der Waals surface area contributed by atoms with Crippen LogP contribution in [0.1, 0.15) is 24.1 Å². The number of ether oxygens (including phenoxy) is 2. The molecular formula is C19H14F7N3O2. The summed E-state index contributed by atoms with van der Waals surface area (Å²) in [5.74, 6) is -1.11. The second kappa shape index (κ2) is 8.08. The monoisotopic (exact) mass is 449 g/mol. The molecule has 5 nitrogen and oxygen atoms in total. The van der Waals surface area contributed by atoms with E-state index in [9.17, 15) is 26.3 Å². The fraction of sp³-hybridized carbons (Fsp3) is 0.263. The van der Waals surface area contributed by atoms with Crippen LogP contribution in [0.4, 0.5) is 30.7 Å². The van der Waals surface area contributed by atoms with Crippen LogP contribution in [0.3, 0.4) is 0 Å². The van der Waals surface area contributed by atoms with Crippen LogP contribution in [-0.4, -0.2) is 27.7 Å². The second-order valence-electron chi connectivity index (χ2n) is 6.42. The number of alkyl halides is 7. The third kappa shape index (κ3) is 5.25. The number of benzene rings is 2. The molecule has 3 aromatic rings. The molecule has 31 heavy (non-hydrogen) atoms. The first-order valence-electron chi connectivity index (χ1n) is 8.66. The fourth-order valence-electron chi connectivity index (χ4n) is 3.05. The van der Waals surface area contributed by atoms with Crippen molar-refractivity contribution >= 4 is 0 Å². The molecule has 0 aliphatic carbocycles. The third-order valence-electron chi connectivity index (χ3n) is 4.43. The molecule has 1 heterocycles. The molecule has 2 aromatic carbocycles. The lowest BCUT2D eigenvalue weighted by Gasteiger charge is -2.32. The summed E-state index contributed by atoms with van der Waals surface area (Å²) in [6, 6.07) is 7.04. The zero-order valence-corrected chi connectivity index (χ0v) is 15.7. The minimum Gasteiger partial charge on any atom is -0.406 e. The summed E-state index contributed by atoms with van der Waals surface area (Å²) in [6.45, 7) is 1.44. The Morgan fingerprint density at radius 3 is 1.48 bits per heavy atom. The van der Waals surface area contributed by atoms with Crippen LogP contribution in [0, 0.1) is 0 Å². The van der Waals surface area contributed by atoms with E-state index in [2.05, 4.69) is 19.8 Å². The molecule has 0 saturated carbocycles. The van der Waals surface area contributed by atoms with E-state index in [4.69, 9.17) is 0 Å². The SMILES string of the molecule is CC(n1ccnn1)C(F)(c1ccc(OC(F)(F)F)cc1)c1ccc(OC(F)(F)F)cc1. The maximum Gasteiger partial charge on any atom is 0.573 e. The Kier molecular flexibility index (Phi) is 5.83. The molecule has 1 aromatic heterocycles. The fourth-order valence-corrected chi connectivity index (χ4v) is 3.05. The molecule has 1 atom stereocenters. The summed E-state index contributed by atoms with van der Waals surface area (Å²) in [4.78, 5) is 0. The molecule has 0 radical (unpaired) electrons. The van der Waals surface area contributed by atoms with E-state index >= 15 is 4.39 Å². The second-order valence-corrected chi connectivity index (χ2v) is 6.42. The molecular weight excluding hydrogens is 435 g/mol. The Morgan fingerprint density at radius 1 is 0.742 bits per heavy atom. The maximum absolute atomic E-state index is 16.5. The summed E-state index contributed by atoms with van der Waals surface area (Å²) < 4.78 is 99.7. The molecule has 3 rings (SSSR count). The largest absolute Gasteiger partial charge is 0.573 e. The molecule has 0 fully saturated rings. The molecule has 0 aliphatic heterocycles. The Balaban J connectivity index is 2.02. The highest BCUT2D eigenvalue weighted by Gasteiger charge is 2.42. The number of rotatable bonds is 6. The Bertz CT molecular complexity index is 926. The summed E-state index contributed by atoms with van der Waals surface area (Å²) in [6.07, 6.45) is -7.16. The van der Waals surface area contributed by atoms with Crippen molar-refractivity contribution in [3.63, 3.8) is 0 Å². The van der Waals surface area contributed by atoms with Crippen LogP contribution in [0.25, 0.3) is 0 Å². The molecule has 0 aliphatic rings. The summed E-state index contributed by atoms with van der Waals surface area (Å²) in [5.41, 5.74) is -2.55. The van der Waals surface area contributed by atoms with Gasteiger partial charge < -0.3 is 9.47 Å². The van der Waals surface area contributed by atoms with E-state index in [0.29, 0.717) is 0 Å². The Labute approximate surface area is 171 Å². The van der Waals surface area contributed by atoms with Crippen LogP contribution in [0.15, 0.2) is 60.9 Å². The lowest BCUT2D eigenvalue weighted by Crippen LogP contribution is -2.33. The summed E-state index contributed by atoms with van der Waals surface area (Å²) in [7, 11) is 0. The standard InChI is InChI=1S/C19H14F7N3O2/c1-12(29-11-10-27-28-29)17(20,13-2-6-15(7-3-13)30-18(21,22)23)14-4-8-16(9-5-14)31-19(24,25)26/h2-12H,1H3. The van der Waals surface area contributed by atoms with E-state index in [1.807, 2.05) is 0 Å². The van der Waals surface area contributed by atoms with Crippen molar-refractivity contribution < 1.29 is 40.2 Å². The first-order chi connectivity index (χ1) is 14.4. The van der Waals surface area contributed by atoms with Crippen LogP contribution in [-0.2, 0) is 5.67 Å². The Hall–Kier alpha value is -3.31. The van der Waals surface area contributed by atoms with E-state index in [0.717, 1.165) is 48.5 Å². The molecule has 12 heteroatoms. The van der Waals surface area contributed by atoms with Gasteiger partial charge in [-0.05, 0) is 42.3 Å². The van der Waals surface area contributed by atoms with Gasteiger partial charge in [0, 0.05) is 6.20 Å². The van der Waals surface area contributed by atoms with Gasteiger partial charge in [0.05, 0.1) is 12.2 Å². The van der Waals surface area contributed by atoms with Crippen molar-refractivity contribution in [2.75, 3.05) is 0 Å². The quantitative estimate of drug-likeness (QED) is 0.463. The van der Waals surface area contributed by atoms with E-state index in [1.54, 1.807) is 0 Å². The molecule has 1 unspecified atom stereocenters. The number of hydrogen-bond acceptors (Lipinski definition) is 4. The van der Waals surface area contributed by atoms with E-state index in [-0.39, 0.29) is 11.1 Å². The van der Waals surface area contributed by atoms with Gasteiger partial charge in [-0.2, -0.15) is 0 Å². The molecule has 0 saturated heterocycles. The van der Waals surface area contributed by atoms with Gasteiger partial charge >= 0.3 is 12.7 Å². The van der Waals surface area contributed by atoms with E-state index < -0.39 is 35.9 Å². The zero-order chi connectivity index (χ0) is 22.9. The lowest BCUT2D eigenvalue weighted by molar-refractivity contribution is -0.275. The summed E-state index contributed by atoms with van der Waals surface area (Å²) >= 11 is 0. The predicted octanol–water partition coefficient (Wildman–Crippen LogP) is 5.55. The first kappa shape index (κ1) is 22.4. The van der Waals surface area contributed by atoms with Crippen molar-refractivity contribution in [3.05, 3.63) is 72.1 Å². The van der Waals surface area contributed by atoms with Gasteiger partial charge in [-0.25, -0.2) is 9.07 Å². The highest BCUT2D eigenvalue weighted by Crippen LogP contribution is 2.44. The molecule has 166 valence electrons. The van der Waals surface area contributed by atoms with Gasteiger partial charge in [0.1, 0.15) is 11.5 Å². The van der Waals surface area contributed by atoms with Crippen LogP contribution < -0.4 is 9.47 Å². The van der Waals surface area contributed by atoms with Crippen molar-refractivity contribution in [2.45, 2.75) is 31.4 Å². The molecule has 0 spiro atoms. The minimum absolute atomic E-state index is 0.0745. The maximum atomic E-state index is 16.5. The average molecular weight is 449 g/mol. The predicted molar refractivity (Wildman–Crippen MR) is 92.9 cm³/mol. The average Bonchev–Trinajstić information content (AvgIpc) is 3.20. The topological polar surface area (TPSA) is 49.2 Å². The molecule has 0 amide bonds. The number of hydrogen-bond donors (Lipinski definition) is 0. The van der Waals surface area contributed by atoms with Gasteiger partial charge in [0.15, 0.2) is 5.67 Å². The lowest BCUT2D eigenvalue weighted by atomic mass is 9.82.